The zero-order chi connectivity index (χ0) is 35.1. The van der Waals surface area contributed by atoms with Gasteiger partial charge in [0.15, 0.2) is 5.82 Å². The van der Waals surface area contributed by atoms with Crippen molar-refractivity contribution in [3.05, 3.63) is 194 Å². The van der Waals surface area contributed by atoms with Crippen molar-refractivity contribution in [2.75, 3.05) is 0 Å². The highest BCUT2D eigenvalue weighted by molar-refractivity contribution is 7.25. The third kappa shape index (κ3) is 5.78. The molecule has 10 aromatic rings. The SMILES string of the molecule is c1ccc(-c2cc(-c3ccccc3)cc(-c3cccc(-c4cccc(-c5nc(-c6ccccc6)c6c(n5)sc5ccc7ccccc7c56)c4)c3)c2)cc1. The van der Waals surface area contributed by atoms with Crippen molar-refractivity contribution in [1.82, 2.24) is 9.97 Å². The van der Waals surface area contributed by atoms with Gasteiger partial charge in [0, 0.05) is 26.6 Å². The lowest BCUT2D eigenvalue weighted by molar-refractivity contribution is 1.24. The molecular formula is C50H32N2S. The molecular weight excluding hydrogens is 661 g/mol. The predicted molar refractivity (Wildman–Crippen MR) is 225 cm³/mol. The molecule has 0 radical (unpaired) electrons. The van der Waals surface area contributed by atoms with E-state index in [-0.39, 0.29) is 0 Å². The van der Waals surface area contributed by atoms with E-state index in [9.17, 15) is 0 Å². The van der Waals surface area contributed by atoms with E-state index < -0.39 is 0 Å². The molecule has 0 amide bonds. The summed E-state index contributed by atoms with van der Waals surface area (Å²) in [5, 5.41) is 4.80. The van der Waals surface area contributed by atoms with Gasteiger partial charge in [-0.1, -0.05) is 158 Å². The van der Waals surface area contributed by atoms with Gasteiger partial charge in [-0.05, 0) is 91.7 Å². The second-order valence-electron chi connectivity index (χ2n) is 13.4. The first-order valence-electron chi connectivity index (χ1n) is 17.9. The van der Waals surface area contributed by atoms with Crippen LogP contribution >= 0.6 is 11.3 Å². The molecule has 0 saturated carbocycles. The molecule has 2 heterocycles. The Hall–Kier alpha value is -6.68. The van der Waals surface area contributed by atoms with E-state index in [1.54, 1.807) is 11.3 Å². The van der Waals surface area contributed by atoms with Crippen LogP contribution in [-0.4, -0.2) is 9.97 Å². The van der Waals surface area contributed by atoms with Gasteiger partial charge < -0.3 is 0 Å². The van der Waals surface area contributed by atoms with Gasteiger partial charge in [-0.15, -0.1) is 11.3 Å². The van der Waals surface area contributed by atoms with Crippen LogP contribution in [0.1, 0.15) is 0 Å². The second kappa shape index (κ2) is 13.1. The lowest BCUT2D eigenvalue weighted by atomic mass is 9.92. The summed E-state index contributed by atoms with van der Waals surface area (Å²) in [6.45, 7) is 0. The zero-order valence-electron chi connectivity index (χ0n) is 28.8. The van der Waals surface area contributed by atoms with Crippen LogP contribution in [0.15, 0.2) is 194 Å². The van der Waals surface area contributed by atoms with Crippen LogP contribution in [0.25, 0.3) is 98.2 Å². The van der Waals surface area contributed by atoms with Crippen molar-refractivity contribution < 1.29 is 0 Å². The summed E-state index contributed by atoms with van der Waals surface area (Å²) >= 11 is 1.74. The van der Waals surface area contributed by atoms with E-state index in [1.165, 1.54) is 54.2 Å². The molecule has 0 aliphatic carbocycles. The molecule has 0 aliphatic heterocycles. The lowest BCUT2D eigenvalue weighted by Crippen LogP contribution is -1.94. The molecule has 3 heteroatoms. The first kappa shape index (κ1) is 31.1. The average Bonchev–Trinajstić information content (AvgIpc) is 3.63. The Morgan fingerprint density at radius 2 is 0.792 bits per heavy atom. The maximum Gasteiger partial charge on any atom is 0.161 e. The van der Waals surface area contributed by atoms with Crippen molar-refractivity contribution in [3.63, 3.8) is 0 Å². The molecule has 53 heavy (non-hydrogen) atoms. The molecule has 248 valence electrons. The second-order valence-corrected chi connectivity index (χ2v) is 14.4. The van der Waals surface area contributed by atoms with Crippen LogP contribution in [0.3, 0.4) is 0 Å². The smallest absolute Gasteiger partial charge is 0.161 e. The summed E-state index contributed by atoms with van der Waals surface area (Å²) in [5.74, 6) is 0.730. The summed E-state index contributed by atoms with van der Waals surface area (Å²) in [5.41, 5.74) is 12.5. The van der Waals surface area contributed by atoms with Crippen LogP contribution in [-0.2, 0) is 0 Å². The Labute approximate surface area is 312 Å². The molecule has 10 rings (SSSR count). The third-order valence-corrected chi connectivity index (χ3v) is 11.1. The van der Waals surface area contributed by atoms with Crippen LogP contribution < -0.4 is 0 Å². The normalized spacial score (nSPS) is 11.4. The number of thiophene rings is 1. The standard InChI is InChI=1S/C50H32N2S/c1-4-14-33(15-5-1)41-30-42(34-16-6-2-7-17-34)32-43(31-41)39-23-12-21-37(28-39)38-22-13-24-40(29-38)49-51-48(36-19-8-3-9-20-36)47-46-44-25-11-10-18-35(44)26-27-45(46)53-50(47)52-49/h1-32H. The van der Waals surface area contributed by atoms with Crippen molar-refractivity contribution in [2.24, 2.45) is 0 Å². The summed E-state index contributed by atoms with van der Waals surface area (Å²) in [6, 6.07) is 69.3. The van der Waals surface area contributed by atoms with Crippen LogP contribution in [0.2, 0.25) is 0 Å². The zero-order valence-corrected chi connectivity index (χ0v) is 29.6. The van der Waals surface area contributed by atoms with Gasteiger partial charge in [0.05, 0.1) is 5.69 Å². The molecule has 0 unspecified atom stereocenters. The summed E-state index contributed by atoms with van der Waals surface area (Å²) in [4.78, 5) is 11.6. The minimum Gasteiger partial charge on any atom is -0.227 e. The maximum atomic E-state index is 5.34. The Morgan fingerprint density at radius 3 is 1.43 bits per heavy atom. The van der Waals surface area contributed by atoms with Crippen molar-refractivity contribution in [3.8, 4) is 67.2 Å². The van der Waals surface area contributed by atoms with E-state index in [0.29, 0.717) is 0 Å². The molecule has 0 N–H and O–H groups in total. The van der Waals surface area contributed by atoms with Crippen molar-refractivity contribution >= 4 is 42.4 Å². The fraction of sp³-hybridized carbons (Fsp3) is 0. The van der Waals surface area contributed by atoms with Crippen LogP contribution in [0, 0.1) is 0 Å². The first-order chi connectivity index (χ1) is 26.2. The number of rotatable bonds is 6. The summed E-state index contributed by atoms with van der Waals surface area (Å²) < 4.78 is 1.22. The van der Waals surface area contributed by atoms with Gasteiger partial charge >= 0.3 is 0 Å². The molecule has 0 bridgehead atoms. The summed E-state index contributed by atoms with van der Waals surface area (Å²) in [6.07, 6.45) is 0. The van der Waals surface area contributed by atoms with E-state index in [4.69, 9.17) is 9.97 Å². The molecule has 0 saturated heterocycles. The van der Waals surface area contributed by atoms with Gasteiger partial charge in [-0.2, -0.15) is 0 Å². The number of hydrogen-bond donors (Lipinski definition) is 0. The molecule has 8 aromatic carbocycles. The van der Waals surface area contributed by atoms with E-state index >= 15 is 0 Å². The number of nitrogens with zero attached hydrogens (tertiary/aromatic N) is 2. The first-order valence-corrected chi connectivity index (χ1v) is 18.7. The molecule has 0 fully saturated rings. The number of hydrogen-bond acceptors (Lipinski definition) is 3. The molecule has 0 spiro atoms. The Bertz CT molecular complexity index is 2870. The minimum atomic E-state index is 0.730. The third-order valence-electron chi connectivity index (χ3n) is 10.1. The van der Waals surface area contributed by atoms with Crippen LogP contribution in [0.4, 0.5) is 0 Å². The topological polar surface area (TPSA) is 25.8 Å². The fourth-order valence-electron chi connectivity index (χ4n) is 7.48. The molecule has 2 nitrogen and oxygen atoms in total. The Kier molecular flexibility index (Phi) is 7.71. The molecule has 2 aromatic heterocycles. The highest BCUT2D eigenvalue weighted by Crippen LogP contribution is 2.43. The minimum absolute atomic E-state index is 0.730. The lowest BCUT2D eigenvalue weighted by Gasteiger charge is -2.13. The van der Waals surface area contributed by atoms with Gasteiger partial charge in [-0.25, -0.2) is 9.97 Å². The van der Waals surface area contributed by atoms with Crippen molar-refractivity contribution in [1.29, 1.82) is 0 Å². The Morgan fingerprint density at radius 1 is 0.321 bits per heavy atom. The van der Waals surface area contributed by atoms with Gasteiger partial charge in [0.1, 0.15) is 4.83 Å². The predicted octanol–water partition coefficient (Wildman–Crippen LogP) is 14.0. The number of aromatic nitrogens is 2. The molecule has 0 aliphatic rings. The maximum absolute atomic E-state index is 5.34. The number of fused-ring (bicyclic) bond motifs is 5. The molecule has 0 atom stereocenters. The largest absolute Gasteiger partial charge is 0.227 e. The summed E-state index contributed by atoms with van der Waals surface area (Å²) in [7, 11) is 0. The highest BCUT2D eigenvalue weighted by atomic mass is 32.1. The fourth-order valence-corrected chi connectivity index (χ4v) is 8.57. The van der Waals surface area contributed by atoms with E-state index in [1.807, 2.05) is 0 Å². The van der Waals surface area contributed by atoms with Gasteiger partial charge in [-0.3, -0.25) is 0 Å². The highest BCUT2D eigenvalue weighted by Gasteiger charge is 2.19. The quantitative estimate of drug-likeness (QED) is 0.173. The van der Waals surface area contributed by atoms with Gasteiger partial charge in [0.2, 0.25) is 0 Å². The monoisotopic (exact) mass is 692 g/mol. The number of benzene rings is 8. The average molecular weight is 693 g/mol. The Balaban J connectivity index is 1.10. The van der Waals surface area contributed by atoms with Gasteiger partial charge in [0.25, 0.3) is 0 Å². The van der Waals surface area contributed by atoms with Crippen LogP contribution in [0.5, 0.6) is 0 Å². The van der Waals surface area contributed by atoms with Crippen molar-refractivity contribution in [2.45, 2.75) is 0 Å². The van der Waals surface area contributed by atoms with E-state index in [0.717, 1.165) is 44.0 Å². The van der Waals surface area contributed by atoms with E-state index in [2.05, 4.69) is 194 Å².